The normalized spacial score (nSPS) is 26.5. The summed E-state index contributed by atoms with van der Waals surface area (Å²) in [7, 11) is -2.77. The van der Waals surface area contributed by atoms with Gasteiger partial charge in [-0.15, -0.1) is 0 Å². The molecule has 6 saturated heterocycles. The topological polar surface area (TPSA) is 210 Å². The van der Waals surface area contributed by atoms with Crippen LogP contribution in [0.15, 0.2) is 91.0 Å². The van der Waals surface area contributed by atoms with Crippen molar-refractivity contribution in [2.75, 3.05) is 77.3 Å². The molecule has 0 spiro atoms. The van der Waals surface area contributed by atoms with Crippen molar-refractivity contribution in [3.05, 3.63) is 102 Å². The van der Waals surface area contributed by atoms with Crippen molar-refractivity contribution in [2.45, 2.75) is 140 Å². The Morgan fingerprint density at radius 1 is 0.635 bits per heavy atom. The number of nitrogens with one attached hydrogen (secondary N) is 3. The van der Waals surface area contributed by atoms with Gasteiger partial charge in [0.05, 0.1) is 24.4 Å². The zero-order valence-electron chi connectivity index (χ0n) is 45.0. The first-order valence-electron chi connectivity index (χ1n) is 27.0. The molecule has 408 valence electrons. The predicted octanol–water partition coefficient (Wildman–Crippen LogP) is 2.95. The quantitative estimate of drug-likeness (QED) is 0.0917. The minimum absolute atomic E-state index is 0.0226. The van der Waals surface area contributed by atoms with Crippen LogP contribution in [-0.4, -0.2) is 189 Å². The summed E-state index contributed by atoms with van der Waals surface area (Å²) >= 11 is 3.16. The van der Waals surface area contributed by atoms with Gasteiger partial charge < -0.3 is 56.5 Å². The maximum Gasteiger partial charge on any atom is 0.488 e. The van der Waals surface area contributed by atoms with Crippen LogP contribution in [0.2, 0.25) is 0 Å². The first kappa shape index (κ1) is 61.1. The van der Waals surface area contributed by atoms with Gasteiger partial charge in [-0.3, -0.25) is 24.2 Å². The Balaban J connectivity index is 0.000000179. The van der Waals surface area contributed by atoms with E-state index in [4.69, 9.17) is 15.8 Å². The Morgan fingerprint density at radius 3 is 1.55 bits per heavy atom. The van der Waals surface area contributed by atoms with Gasteiger partial charge >= 0.3 is 14.2 Å². The van der Waals surface area contributed by atoms with E-state index < -0.39 is 20.2 Å². The van der Waals surface area contributed by atoms with Crippen molar-refractivity contribution in [3.8, 4) is 0 Å². The number of hydrogen-bond acceptors (Lipinski definition) is 13. The second kappa shape index (κ2) is 30.3. The maximum atomic E-state index is 12.4. The van der Waals surface area contributed by atoms with Gasteiger partial charge in [0.2, 0.25) is 17.7 Å². The summed E-state index contributed by atoms with van der Waals surface area (Å²) in [6.45, 7) is 22.1. The van der Waals surface area contributed by atoms with Crippen molar-refractivity contribution in [2.24, 2.45) is 5.73 Å². The summed E-state index contributed by atoms with van der Waals surface area (Å²) in [6.07, 6.45) is 9.35. The lowest BCUT2D eigenvalue weighted by atomic mass is 9.78. The summed E-state index contributed by atoms with van der Waals surface area (Å²) in [5.74, 6) is 0.00951. The fourth-order valence-electron chi connectivity index (χ4n) is 10.7. The van der Waals surface area contributed by atoms with Crippen molar-refractivity contribution >= 4 is 53.4 Å². The fourth-order valence-corrected chi connectivity index (χ4v) is 11.0. The third-order valence-electron chi connectivity index (χ3n) is 15.3. The van der Waals surface area contributed by atoms with Crippen LogP contribution in [0.1, 0.15) is 104 Å². The minimum Gasteiger partial charge on any atom is -0.426 e. The first-order chi connectivity index (χ1) is 35.3. The Kier molecular flexibility index (Phi) is 25.0. The molecule has 0 unspecified atom stereocenters. The van der Waals surface area contributed by atoms with Crippen LogP contribution in [-0.2, 0) is 27.5 Å². The van der Waals surface area contributed by atoms with E-state index in [2.05, 4.69) is 137 Å². The molecule has 6 atom stereocenters. The van der Waals surface area contributed by atoms with E-state index in [0.717, 1.165) is 104 Å². The van der Waals surface area contributed by atoms with Crippen LogP contribution in [0.5, 0.6) is 0 Å². The molecule has 6 aliphatic rings. The second-order valence-corrected chi connectivity index (χ2v) is 22.6. The highest BCUT2D eigenvalue weighted by atomic mass is 79.9. The number of alkyl halides is 1. The molecule has 6 aliphatic heterocycles. The number of halogens is 1. The van der Waals surface area contributed by atoms with Gasteiger partial charge in [0.25, 0.3) is 0 Å². The molecule has 16 nitrogen and oxygen atoms in total. The van der Waals surface area contributed by atoms with Crippen LogP contribution in [0.25, 0.3) is 0 Å². The van der Waals surface area contributed by atoms with E-state index in [9.17, 15) is 24.4 Å². The molecule has 19 heteroatoms. The van der Waals surface area contributed by atoms with Crippen LogP contribution in [0, 0.1) is 0 Å². The monoisotopic (exact) mass is 1090 g/mol. The van der Waals surface area contributed by atoms with Crippen molar-refractivity contribution in [1.82, 2.24) is 40.4 Å². The molecular formula is C55H88B2BrN9O7. The Hall–Kier alpha value is -3.72. The molecule has 3 aromatic rings. The number of rotatable bonds is 13. The van der Waals surface area contributed by atoms with Gasteiger partial charge in [0.15, 0.2) is 0 Å². The van der Waals surface area contributed by atoms with E-state index >= 15 is 0 Å². The SMILES string of the molecule is C[C@@H]1CCCN1C(=O)CBr.C[C@@H]1CCCN1C(=O)CN[C@@]1(C)CCN(Cc2ccccc2)C1.C[C@]1(N)CCN(Cc2ccccc2)C1.C[C@]1(NCC(=O)N2CCC[C@H]2B(O)O)CCNC1.OB(O)c1ccccc1. The van der Waals surface area contributed by atoms with Crippen molar-refractivity contribution < 1.29 is 34.5 Å². The average molecular weight is 1090 g/mol. The summed E-state index contributed by atoms with van der Waals surface area (Å²) in [5, 5.41) is 46.2. The van der Waals surface area contributed by atoms with Gasteiger partial charge in [-0.25, -0.2) is 0 Å². The lowest BCUT2D eigenvalue weighted by Crippen LogP contribution is -2.52. The summed E-state index contributed by atoms with van der Waals surface area (Å²) in [6, 6.07) is 30.7. The van der Waals surface area contributed by atoms with Gasteiger partial charge in [-0.1, -0.05) is 107 Å². The van der Waals surface area contributed by atoms with Gasteiger partial charge in [-0.05, 0) is 116 Å². The number of hydrogen-bond donors (Lipinski definition) is 8. The Morgan fingerprint density at radius 2 is 1.11 bits per heavy atom. The van der Waals surface area contributed by atoms with Gasteiger partial charge in [0.1, 0.15) is 0 Å². The largest absolute Gasteiger partial charge is 0.488 e. The molecule has 3 amide bonds. The molecule has 0 aromatic heterocycles. The standard InChI is InChI=1S/C19H29N3O.C12H18N2.C11H22BN3O3.C7H12BrNO.C6H7BO2/c1-16-7-6-11-22(16)18(23)13-20-19(2)10-12-21(15-19)14-17-8-4-3-5-9-17;1-12(13)7-8-14(10-12)9-11-5-3-2-4-6-11;1-11(4-5-13-8-11)14-7-10(16)15-6-2-3-9(15)12(17)18;1-6-3-2-4-9(6)7(10)5-8;8-7(9)6-4-2-1-3-5-6/h3-5,8-9,16,20H,6-7,10-15H2,1-2H3;2-6H,7-10,13H2,1H3;9,13-14,17-18H,2-8H2,1H3;6H,2-5H2,1H3;1-5,8-9H/t16-,19+;12-;9-,11-;6-;/m1001./s1. The van der Waals surface area contributed by atoms with E-state index in [0.29, 0.717) is 42.4 Å². The lowest BCUT2D eigenvalue weighted by molar-refractivity contribution is -0.131. The highest BCUT2D eigenvalue weighted by Gasteiger charge is 2.38. The molecule has 0 saturated carbocycles. The molecule has 3 aromatic carbocycles. The van der Waals surface area contributed by atoms with Gasteiger partial charge in [-0.2, -0.15) is 0 Å². The zero-order valence-corrected chi connectivity index (χ0v) is 46.6. The number of nitrogens with zero attached hydrogens (tertiary/aromatic N) is 5. The second-order valence-electron chi connectivity index (χ2n) is 22.1. The van der Waals surface area contributed by atoms with E-state index in [-0.39, 0.29) is 40.9 Å². The number of nitrogens with two attached hydrogens (primary N) is 1. The molecule has 0 radical (unpaired) electrons. The number of benzene rings is 3. The smallest absolute Gasteiger partial charge is 0.426 e. The van der Waals surface area contributed by atoms with Crippen molar-refractivity contribution in [1.29, 1.82) is 0 Å². The number of likely N-dealkylation sites (tertiary alicyclic amines) is 5. The van der Waals surface area contributed by atoms with Gasteiger partial charge in [0, 0.05) is 94.1 Å². The predicted molar refractivity (Wildman–Crippen MR) is 301 cm³/mol. The third-order valence-corrected chi connectivity index (χ3v) is 15.7. The molecule has 9 rings (SSSR count). The van der Waals surface area contributed by atoms with Crippen LogP contribution in [0.3, 0.4) is 0 Å². The number of carbonyl (C=O) groups is 3. The maximum absolute atomic E-state index is 12.4. The molecule has 6 heterocycles. The summed E-state index contributed by atoms with van der Waals surface area (Å²) in [5.41, 5.74) is 9.39. The fraction of sp³-hybridized carbons (Fsp3) is 0.618. The van der Waals surface area contributed by atoms with Crippen LogP contribution >= 0.6 is 15.9 Å². The first-order valence-corrected chi connectivity index (χ1v) is 28.2. The number of carbonyl (C=O) groups excluding carboxylic acids is 3. The Labute approximate surface area is 451 Å². The third kappa shape index (κ3) is 20.3. The summed E-state index contributed by atoms with van der Waals surface area (Å²) in [4.78, 5) is 46.0. The molecular weight excluding hydrogens is 1000 g/mol. The van der Waals surface area contributed by atoms with Crippen LogP contribution < -0.4 is 27.1 Å². The van der Waals surface area contributed by atoms with E-state index in [1.807, 2.05) is 15.9 Å². The molecule has 0 bridgehead atoms. The highest BCUT2D eigenvalue weighted by Crippen LogP contribution is 2.24. The minimum atomic E-state index is -1.43. The zero-order chi connectivity index (χ0) is 53.7. The van der Waals surface area contributed by atoms with E-state index in [1.165, 1.54) is 24.0 Å². The van der Waals surface area contributed by atoms with E-state index in [1.54, 1.807) is 29.2 Å². The van der Waals surface area contributed by atoms with Crippen molar-refractivity contribution in [3.63, 3.8) is 0 Å². The average Bonchev–Trinajstić information content (AvgIpc) is 4.28. The lowest BCUT2D eigenvalue weighted by Gasteiger charge is -2.28. The molecule has 9 N–H and O–H groups in total. The Bertz CT molecular complexity index is 2120. The molecule has 6 fully saturated rings. The number of amides is 3. The highest BCUT2D eigenvalue weighted by molar-refractivity contribution is 9.09. The molecule has 0 aliphatic carbocycles. The van der Waals surface area contributed by atoms with Crippen LogP contribution in [0.4, 0.5) is 0 Å². The summed E-state index contributed by atoms with van der Waals surface area (Å²) < 4.78 is 0. The molecule has 74 heavy (non-hydrogen) atoms.